The zero-order chi connectivity index (χ0) is 14.5. The third-order valence-corrected chi connectivity index (χ3v) is 2.67. The maximum atomic E-state index is 12.0. The lowest BCUT2D eigenvalue weighted by Gasteiger charge is -2.09. The molecule has 0 amide bonds. The fourth-order valence-corrected chi connectivity index (χ4v) is 1.76. The van der Waals surface area contributed by atoms with Gasteiger partial charge in [-0.2, -0.15) is 0 Å². The molecule has 0 aliphatic carbocycles. The van der Waals surface area contributed by atoms with Crippen LogP contribution in [0.15, 0.2) is 47.1 Å². The Balaban J connectivity index is 2.00. The number of ether oxygens (including phenoxy) is 1. The predicted octanol–water partition coefficient (Wildman–Crippen LogP) is 3.52. The van der Waals surface area contributed by atoms with Crippen LogP contribution in [-0.4, -0.2) is 17.7 Å². The topological polar surface area (TPSA) is 56.5 Å². The van der Waals surface area contributed by atoms with Gasteiger partial charge in [-0.05, 0) is 50.2 Å². The van der Waals surface area contributed by atoms with E-state index in [1.54, 1.807) is 36.4 Å². The Hall–Kier alpha value is -2.36. The minimum Gasteiger partial charge on any atom is -0.491 e. The molecule has 0 atom stereocenters. The second-order valence-electron chi connectivity index (χ2n) is 4.69. The number of furan rings is 1. The average Bonchev–Trinajstić information content (AvgIpc) is 2.92. The highest BCUT2D eigenvalue weighted by Gasteiger charge is 2.15. The van der Waals surface area contributed by atoms with Crippen molar-refractivity contribution >= 4 is 11.6 Å². The Morgan fingerprint density at radius 2 is 1.80 bits per heavy atom. The molecule has 0 radical (unpaired) electrons. The number of rotatable bonds is 6. The molecule has 0 fully saturated rings. The van der Waals surface area contributed by atoms with E-state index in [2.05, 4.69) is 0 Å². The summed E-state index contributed by atoms with van der Waals surface area (Å²) in [5.74, 6) is 0.358. The molecule has 2 aromatic rings. The Kier molecular flexibility index (Phi) is 4.35. The standard InChI is InChI=1S/C16H16O4/c1-11(2)20-13-7-5-12(6-8-13)14(17)10-15(18)16-4-3-9-19-16/h3-9,11H,10H2,1-2H3. The molecule has 104 valence electrons. The summed E-state index contributed by atoms with van der Waals surface area (Å²) in [5.41, 5.74) is 0.487. The van der Waals surface area contributed by atoms with Crippen LogP contribution in [0.3, 0.4) is 0 Å². The quantitative estimate of drug-likeness (QED) is 0.596. The van der Waals surface area contributed by atoms with E-state index in [0.717, 1.165) is 0 Å². The van der Waals surface area contributed by atoms with E-state index in [0.29, 0.717) is 11.3 Å². The molecule has 0 saturated heterocycles. The zero-order valence-corrected chi connectivity index (χ0v) is 11.5. The second-order valence-corrected chi connectivity index (χ2v) is 4.69. The highest BCUT2D eigenvalue weighted by Crippen LogP contribution is 2.16. The van der Waals surface area contributed by atoms with Crippen LogP contribution in [0, 0.1) is 0 Å². The predicted molar refractivity (Wildman–Crippen MR) is 74.2 cm³/mol. The fourth-order valence-electron chi connectivity index (χ4n) is 1.76. The lowest BCUT2D eigenvalue weighted by Crippen LogP contribution is -2.08. The molecule has 1 aromatic carbocycles. The van der Waals surface area contributed by atoms with E-state index in [4.69, 9.17) is 9.15 Å². The molecular weight excluding hydrogens is 256 g/mol. The van der Waals surface area contributed by atoms with Gasteiger partial charge in [0.15, 0.2) is 11.5 Å². The fraction of sp³-hybridized carbons (Fsp3) is 0.250. The van der Waals surface area contributed by atoms with Crippen molar-refractivity contribution in [2.24, 2.45) is 0 Å². The average molecular weight is 272 g/mol. The second kappa shape index (κ2) is 6.19. The Morgan fingerprint density at radius 3 is 2.35 bits per heavy atom. The summed E-state index contributed by atoms with van der Waals surface area (Å²) in [7, 11) is 0. The van der Waals surface area contributed by atoms with Crippen molar-refractivity contribution in [2.45, 2.75) is 26.4 Å². The smallest absolute Gasteiger partial charge is 0.205 e. The lowest BCUT2D eigenvalue weighted by atomic mass is 10.0. The number of Topliss-reactive ketones (excluding diaryl/α,β-unsaturated/α-hetero) is 2. The molecule has 0 aliphatic heterocycles. The molecular formula is C16H16O4. The summed E-state index contributed by atoms with van der Waals surface area (Å²) in [4.78, 5) is 23.7. The first kappa shape index (κ1) is 14.1. The van der Waals surface area contributed by atoms with Crippen molar-refractivity contribution in [1.82, 2.24) is 0 Å². The monoisotopic (exact) mass is 272 g/mol. The van der Waals surface area contributed by atoms with Crippen molar-refractivity contribution in [3.8, 4) is 5.75 Å². The van der Waals surface area contributed by atoms with E-state index in [9.17, 15) is 9.59 Å². The SMILES string of the molecule is CC(C)Oc1ccc(C(=O)CC(=O)c2ccco2)cc1. The van der Waals surface area contributed by atoms with E-state index < -0.39 is 0 Å². The number of hydrogen-bond donors (Lipinski definition) is 0. The van der Waals surface area contributed by atoms with Crippen LogP contribution >= 0.6 is 0 Å². The third kappa shape index (κ3) is 3.57. The molecule has 0 saturated carbocycles. The molecule has 0 N–H and O–H groups in total. The maximum Gasteiger partial charge on any atom is 0.205 e. The highest BCUT2D eigenvalue weighted by molar-refractivity contribution is 6.12. The molecule has 0 bridgehead atoms. The summed E-state index contributed by atoms with van der Waals surface area (Å²) >= 11 is 0. The molecule has 0 unspecified atom stereocenters. The van der Waals surface area contributed by atoms with Crippen molar-refractivity contribution in [1.29, 1.82) is 0 Å². The van der Waals surface area contributed by atoms with Crippen LogP contribution in [-0.2, 0) is 0 Å². The van der Waals surface area contributed by atoms with Crippen LogP contribution < -0.4 is 4.74 Å². The first-order chi connectivity index (χ1) is 9.56. The van der Waals surface area contributed by atoms with Crippen LogP contribution in [0.5, 0.6) is 5.75 Å². The van der Waals surface area contributed by atoms with Crippen molar-refractivity contribution in [3.05, 3.63) is 54.0 Å². The van der Waals surface area contributed by atoms with Crippen LogP contribution in [0.25, 0.3) is 0 Å². The molecule has 4 nitrogen and oxygen atoms in total. The molecule has 0 aliphatic rings. The summed E-state index contributed by atoms with van der Waals surface area (Å²) < 4.78 is 10.5. The van der Waals surface area contributed by atoms with Gasteiger partial charge >= 0.3 is 0 Å². The third-order valence-electron chi connectivity index (χ3n) is 2.67. The van der Waals surface area contributed by atoms with Crippen LogP contribution in [0.4, 0.5) is 0 Å². The zero-order valence-electron chi connectivity index (χ0n) is 11.5. The Morgan fingerprint density at radius 1 is 1.10 bits per heavy atom. The van der Waals surface area contributed by atoms with Gasteiger partial charge in [-0.15, -0.1) is 0 Å². The highest BCUT2D eigenvalue weighted by atomic mass is 16.5. The summed E-state index contributed by atoms with van der Waals surface area (Å²) in [6.45, 7) is 3.86. The number of benzene rings is 1. The van der Waals surface area contributed by atoms with E-state index in [1.165, 1.54) is 6.26 Å². The van der Waals surface area contributed by atoms with Gasteiger partial charge in [0.05, 0.1) is 18.8 Å². The molecule has 1 heterocycles. The minimum absolute atomic E-state index is 0.0806. The number of ketones is 2. The maximum absolute atomic E-state index is 12.0. The van der Waals surface area contributed by atoms with Crippen molar-refractivity contribution < 1.29 is 18.7 Å². The van der Waals surface area contributed by atoms with Gasteiger partial charge in [-0.25, -0.2) is 0 Å². The van der Waals surface area contributed by atoms with Crippen molar-refractivity contribution in [2.75, 3.05) is 0 Å². The van der Waals surface area contributed by atoms with Gasteiger partial charge in [0.25, 0.3) is 0 Å². The van der Waals surface area contributed by atoms with Gasteiger partial charge < -0.3 is 9.15 Å². The van der Waals surface area contributed by atoms with E-state index in [1.807, 2.05) is 13.8 Å². The van der Waals surface area contributed by atoms with Gasteiger partial charge in [-0.1, -0.05) is 0 Å². The molecule has 4 heteroatoms. The van der Waals surface area contributed by atoms with Crippen LogP contribution in [0.2, 0.25) is 0 Å². The van der Waals surface area contributed by atoms with Crippen molar-refractivity contribution in [3.63, 3.8) is 0 Å². The summed E-state index contributed by atoms with van der Waals surface area (Å²) in [6.07, 6.45) is 1.30. The van der Waals surface area contributed by atoms with Crippen LogP contribution in [0.1, 0.15) is 41.2 Å². The molecule has 1 aromatic heterocycles. The number of carbonyl (C=O) groups is 2. The largest absolute Gasteiger partial charge is 0.491 e. The molecule has 20 heavy (non-hydrogen) atoms. The van der Waals surface area contributed by atoms with Gasteiger partial charge in [-0.3, -0.25) is 9.59 Å². The number of carbonyl (C=O) groups excluding carboxylic acids is 2. The summed E-state index contributed by atoms with van der Waals surface area (Å²) in [6, 6.07) is 9.95. The number of hydrogen-bond acceptors (Lipinski definition) is 4. The van der Waals surface area contributed by atoms with Gasteiger partial charge in [0.2, 0.25) is 5.78 Å². The molecule has 2 rings (SSSR count). The van der Waals surface area contributed by atoms with E-state index in [-0.39, 0.29) is 29.9 Å². The lowest BCUT2D eigenvalue weighted by molar-refractivity contribution is 0.0878. The van der Waals surface area contributed by atoms with Gasteiger partial charge in [0.1, 0.15) is 5.75 Å². The Bertz CT molecular complexity index is 579. The van der Waals surface area contributed by atoms with Gasteiger partial charge in [0, 0.05) is 5.56 Å². The Labute approximate surface area is 117 Å². The normalized spacial score (nSPS) is 10.6. The van der Waals surface area contributed by atoms with E-state index >= 15 is 0 Å². The first-order valence-corrected chi connectivity index (χ1v) is 6.43. The summed E-state index contributed by atoms with van der Waals surface area (Å²) in [5, 5.41) is 0. The first-order valence-electron chi connectivity index (χ1n) is 6.43. The molecule has 0 spiro atoms. The minimum atomic E-state index is -0.317.